The number of benzene rings is 1. The summed E-state index contributed by atoms with van der Waals surface area (Å²) in [7, 11) is 0. The Hall–Kier alpha value is -2.41. The summed E-state index contributed by atoms with van der Waals surface area (Å²) in [6, 6.07) is 10.4. The fourth-order valence-electron chi connectivity index (χ4n) is 5.23. The van der Waals surface area contributed by atoms with E-state index in [4.69, 9.17) is 4.74 Å². The van der Waals surface area contributed by atoms with Gasteiger partial charge in [0.2, 0.25) is 11.8 Å². The Kier molecular flexibility index (Phi) is 10.4. The number of nitrogens with zero attached hydrogens (tertiary/aromatic N) is 2. The standard InChI is InChI=1S/C27H41N3O4/c1-3-34-25(32)16-15-24(31)29-17-19-30(20-18-29)26(23-11-7-8-12-23)27(33)28-21(2)13-14-22-9-5-4-6-10-22/h4-6,9-10,21,23,26H,3,7-8,11-20H2,1-2H3,(H,28,33). The second-order valence-electron chi connectivity index (χ2n) is 9.65. The molecule has 1 saturated heterocycles. The number of piperazine rings is 1. The fourth-order valence-corrected chi connectivity index (χ4v) is 5.23. The number of hydrogen-bond donors (Lipinski definition) is 1. The SMILES string of the molecule is CCOC(=O)CCC(=O)N1CCN(C(C(=O)NC(C)CCc2ccccc2)C2CCCC2)CC1. The minimum absolute atomic E-state index is 0.0101. The zero-order valence-electron chi connectivity index (χ0n) is 20.8. The third-order valence-corrected chi connectivity index (χ3v) is 7.12. The van der Waals surface area contributed by atoms with Crippen molar-refractivity contribution in [3.8, 4) is 0 Å². The van der Waals surface area contributed by atoms with Gasteiger partial charge in [-0.1, -0.05) is 43.2 Å². The molecule has 0 radical (unpaired) electrons. The van der Waals surface area contributed by atoms with Crippen molar-refractivity contribution < 1.29 is 19.1 Å². The van der Waals surface area contributed by atoms with Crippen LogP contribution in [0.3, 0.4) is 0 Å². The van der Waals surface area contributed by atoms with E-state index in [0.29, 0.717) is 38.7 Å². The molecule has 2 unspecified atom stereocenters. The highest BCUT2D eigenvalue weighted by atomic mass is 16.5. The van der Waals surface area contributed by atoms with Crippen LogP contribution in [0.4, 0.5) is 0 Å². The summed E-state index contributed by atoms with van der Waals surface area (Å²) in [5.41, 5.74) is 1.29. The molecule has 1 aromatic rings. The van der Waals surface area contributed by atoms with Gasteiger partial charge in [-0.25, -0.2) is 0 Å². The number of carbonyl (C=O) groups excluding carboxylic acids is 3. The van der Waals surface area contributed by atoms with Gasteiger partial charge in [0.15, 0.2) is 0 Å². The summed E-state index contributed by atoms with van der Waals surface area (Å²) in [6.45, 7) is 6.77. The lowest BCUT2D eigenvalue weighted by Gasteiger charge is -2.41. The average Bonchev–Trinajstić information content (AvgIpc) is 3.37. The quantitative estimate of drug-likeness (QED) is 0.502. The number of esters is 1. The Morgan fingerprint density at radius 1 is 1.03 bits per heavy atom. The lowest BCUT2D eigenvalue weighted by atomic mass is 9.94. The third-order valence-electron chi connectivity index (χ3n) is 7.12. The number of hydrogen-bond acceptors (Lipinski definition) is 5. The highest BCUT2D eigenvalue weighted by Crippen LogP contribution is 2.31. The molecule has 1 heterocycles. The third kappa shape index (κ3) is 7.83. The number of rotatable bonds is 11. The largest absolute Gasteiger partial charge is 0.466 e. The Morgan fingerprint density at radius 3 is 2.35 bits per heavy atom. The van der Waals surface area contributed by atoms with Crippen LogP contribution in [0, 0.1) is 5.92 Å². The molecule has 1 aliphatic carbocycles. The van der Waals surface area contributed by atoms with Crippen LogP contribution in [0.25, 0.3) is 0 Å². The average molecular weight is 472 g/mol. The minimum Gasteiger partial charge on any atom is -0.466 e. The van der Waals surface area contributed by atoms with Crippen LogP contribution in [0.5, 0.6) is 0 Å². The number of ether oxygens (including phenoxy) is 1. The van der Waals surface area contributed by atoms with Gasteiger partial charge >= 0.3 is 5.97 Å². The van der Waals surface area contributed by atoms with Gasteiger partial charge in [0.25, 0.3) is 0 Å². The summed E-state index contributed by atoms with van der Waals surface area (Å²) in [5, 5.41) is 3.29. The Bertz CT molecular complexity index is 786. The summed E-state index contributed by atoms with van der Waals surface area (Å²) in [6.07, 6.45) is 6.73. The van der Waals surface area contributed by atoms with E-state index in [2.05, 4.69) is 41.4 Å². The van der Waals surface area contributed by atoms with Crippen molar-refractivity contribution in [1.29, 1.82) is 0 Å². The van der Waals surface area contributed by atoms with Crippen LogP contribution < -0.4 is 5.32 Å². The van der Waals surface area contributed by atoms with Crippen LogP contribution in [0.1, 0.15) is 64.4 Å². The lowest BCUT2D eigenvalue weighted by Crippen LogP contribution is -2.58. The van der Waals surface area contributed by atoms with Crippen molar-refractivity contribution in [2.45, 2.75) is 77.3 Å². The monoisotopic (exact) mass is 471 g/mol. The number of amides is 2. The van der Waals surface area contributed by atoms with Crippen LogP contribution in [-0.4, -0.2) is 72.5 Å². The molecular formula is C27H41N3O4. The van der Waals surface area contributed by atoms with E-state index in [1.807, 2.05) is 11.0 Å². The normalized spacial score (nSPS) is 18.9. The van der Waals surface area contributed by atoms with Gasteiger partial charge in [-0.2, -0.15) is 0 Å². The maximum atomic E-state index is 13.4. The molecule has 0 aromatic heterocycles. The summed E-state index contributed by atoms with van der Waals surface area (Å²) in [4.78, 5) is 41.6. The van der Waals surface area contributed by atoms with Gasteiger partial charge in [-0.15, -0.1) is 0 Å². The molecule has 7 nitrogen and oxygen atoms in total. The smallest absolute Gasteiger partial charge is 0.306 e. The molecule has 2 amide bonds. The zero-order chi connectivity index (χ0) is 24.3. The van der Waals surface area contributed by atoms with E-state index in [9.17, 15) is 14.4 Å². The molecule has 2 aliphatic rings. The first kappa shape index (κ1) is 26.2. The Balaban J connectivity index is 1.51. The van der Waals surface area contributed by atoms with E-state index in [-0.39, 0.29) is 42.7 Å². The van der Waals surface area contributed by atoms with E-state index in [0.717, 1.165) is 25.7 Å². The zero-order valence-corrected chi connectivity index (χ0v) is 20.8. The van der Waals surface area contributed by atoms with Gasteiger partial charge in [-0.3, -0.25) is 19.3 Å². The molecule has 2 atom stereocenters. The summed E-state index contributed by atoms with van der Waals surface area (Å²) < 4.78 is 4.92. The minimum atomic E-state index is -0.325. The first-order chi connectivity index (χ1) is 16.5. The maximum Gasteiger partial charge on any atom is 0.306 e. The molecule has 188 valence electrons. The number of aryl methyl sites for hydroxylation is 1. The number of carbonyl (C=O) groups is 3. The first-order valence-electron chi connectivity index (χ1n) is 13.0. The molecule has 1 aromatic carbocycles. The molecule has 2 fully saturated rings. The van der Waals surface area contributed by atoms with Crippen molar-refractivity contribution in [3.05, 3.63) is 35.9 Å². The predicted octanol–water partition coefficient (Wildman–Crippen LogP) is 3.17. The highest BCUT2D eigenvalue weighted by molar-refractivity contribution is 5.83. The Morgan fingerprint density at radius 2 is 1.71 bits per heavy atom. The van der Waals surface area contributed by atoms with Crippen molar-refractivity contribution in [3.63, 3.8) is 0 Å². The van der Waals surface area contributed by atoms with Crippen LogP contribution >= 0.6 is 0 Å². The van der Waals surface area contributed by atoms with Crippen molar-refractivity contribution in [1.82, 2.24) is 15.1 Å². The van der Waals surface area contributed by atoms with Gasteiger partial charge in [0, 0.05) is 38.6 Å². The second kappa shape index (κ2) is 13.5. The molecule has 7 heteroatoms. The maximum absolute atomic E-state index is 13.4. The molecule has 1 saturated carbocycles. The van der Waals surface area contributed by atoms with E-state index in [1.54, 1.807) is 6.92 Å². The molecular weight excluding hydrogens is 430 g/mol. The predicted molar refractivity (Wildman–Crippen MR) is 132 cm³/mol. The molecule has 0 spiro atoms. The van der Waals surface area contributed by atoms with Crippen LogP contribution in [0.15, 0.2) is 30.3 Å². The summed E-state index contributed by atoms with van der Waals surface area (Å²) >= 11 is 0. The van der Waals surface area contributed by atoms with Gasteiger partial charge < -0.3 is 15.0 Å². The van der Waals surface area contributed by atoms with E-state index >= 15 is 0 Å². The first-order valence-corrected chi connectivity index (χ1v) is 13.0. The van der Waals surface area contributed by atoms with Gasteiger partial charge in [0.1, 0.15) is 0 Å². The van der Waals surface area contributed by atoms with Crippen LogP contribution in [-0.2, 0) is 25.5 Å². The van der Waals surface area contributed by atoms with Gasteiger partial charge in [0.05, 0.1) is 19.1 Å². The molecule has 1 aliphatic heterocycles. The molecule has 0 bridgehead atoms. The summed E-state index contributed by atoms with van der Waals surface area (Å²) in [5.74, 6) is 0.180. The lowest BCUT2D eigenvalue weighted by molar-refractivity contribution is -0.146. The molecule has 1 N–H and O–H groups in total. The highest BCUT2D eigenvalue weighted by Gasteiger charge is 2.37. The van der Waals surface area contributed by atoms with Crippen LogP contribution in [0.2, 0.25) is 0 Å². The van der Waals surface area contributed by atoms with Crippen molar-refractivity contribution >= 4 is 17.8 Å². The van der Waals surface area contributed by atoms with E-state index < -0.39 is 0 Å². The van der Waals surface area contributed by atoms with Crippen molar-refractivity contribution in [2.24, 2.45) is 5.92 Å². The van der Waals surface area contributed by atoms with E-state index in [1.165, 1.54) is 18.4 Å². The van der Waals surface area contributed by atoms with Crippen molar-refractivity contribution in [2.75, 3.05) is 32.8 Å². The van der Waals surface area contributed by atoms with Gasteiger partial charge in [-0.05, 0) is 51.0 Å². The number of nitrogens with one attached hydrogen (secondary N) is 1. The molecule has 34 heavy (non-hydrogen) atoms. The Labute approximate surface area is 204 Å². The fraction of sp³-hybridized carbons (Fsp3) is 0.667. The molecule has 3 rings (SSSR count). The topological polar surface area (TPSA) is 79.0 Å². The second-order valence-corrected chi connectivity index (χ2v) is 9.65.